The monoisotopic (exact) mass is 312 g/mol. The molecule has 0 amide bonds. The van der Waals surface area contributed by atoms with Gasteiger partial charge in [-0.15, -0.1) is 0 Å². The van der Waals surface area contributed by atoms with Gasteiger partial charge in [0.15, 0.2) is 0 Å². The molecule has 1 heterocycles. The maximum atomic E-state index is 4.51. The fourth-order valence-electron chi connectivity index (χ4n) is 2.13. The fourth-order valence-corrected chi connectivity index (χ4v) is 2.36. The van der Waals surface area contributed by atoms with Crippen molar-refractivity contribution in [3.63, 3.8) is 0 Å². The second kappa shape index (κ2) is 7.25. The Hall–Kier alpha value is -0.410. The van der Waals surface area contributed by atoms with Crippen LogP contribution in [0.3, 0.4) is 0 Å². The maximum absolute atomic E-state index is 4.51. The van der Waals surface area contributed by atoms with Crippen molar-refractivity contribution in [2.45, 2.75) is 53.0 Å². The van der Waals surface area contributed by atoms with Crippen molar-refractivity contribution in [2.75, 3.05) is 6.54 Å². The topological polar surface area (TPSA) is 24.9 Å². The van der Waals surface area contributed by atoms with Gasteiger partial charge in [0, 0.05) is 29.0 Å². The van der Waals surface area contributed by atoms with Crippen molar-refractivity contribution in [1.82, 2.24) is 10.3 Å². The first-order valence-corrected chi connectivity index (χ1v) is 7.64. The minimum atomic E-state index is 0.325. The molecule has 102 valence electrons. The quantitative estimate of drug-likeness (QED) is 0.816. The summed E-state index contributed by atoms with van der Waals surface area (Å²) in [5, 5.41) is 3.58. The van der Waals surface area contributed by atoms with Crippen molar-refractivity contribution in [3.8, 4) is 0 Å². The molecule has 0 bridgehead atoms. The predicted molar refractivity (Wildman–Crippen MR) is 81.8 cm³/mol. The van der Waals surface area contributed by atoms with Crippen LogP contribution in [-0.2, 0) is 6.42 Å². The molecule has 1 aromatic rings. The number of halogens is 1. The minimum absolute atomic E-state index is 0.325. The van der Waals surface area contributed by atoms with Crippen molar-refractivity contribution >= 4 is 15.9 Å². The van der Waals surface area contributed by atoms with Crippen molar-refractivity contribution in [3.05, 3.63) is 28.5 Å². The lowest BCUT2D eigenvalue weighted by Gasteiger charge is -2.32. The molecule has 0 saturated heterocycles. The van der Waals surface area contributed by atoms with Crippen LogP contribution in [0.15, 0.2) is 22.8 Å². The number of nitrogens with zero attached hydrogens (tertiary/aromatic N) is 1. The average molecular weight is 313 g/mol. The zero-order valence-corrected chi connectivity index (χ0v) is 13.5. The molecule has 2 nitrogen and oxygen atoms in total. The van der Waals surface area contributed by atoms with E-state index in [9.17, 15) is 0 Å². The number of nitrogens with one attached hydrogen (secondary N) is 1. The van der Waals surface area contributed by atoms with Crippen LogP contribution in [0.2, 0.25) is 0 Å². The summed E-state index contributed by atoms with van der Waals surface area (Å²) in [7, 11) is 0. The van der Waals surface area contributed by atoms with Crippen LogP contribution >= 0.6 is 15.9 Å². The Morgan fingerprint density at radius 2 is 1.94 bits per heavy atom. The van der Waals surface area contributed by atoms with Gasteiger partial charge in [-0.25, -0.2) is 0 Å². The maximum Gasteiger partial charge on any atom is 0.0413 e. The normalized spacial score (nSPS) is 12.1. The van der Waals surface area contributed by atoms with Gasteiger partial charge in [0.05, 0.1) is 0 Å². The van der Waals surface area contributed by atoms with Crippen LogP contribution in [0.4, 0.5) is 0 Å². The molecule has 1 rings (SSSR count). The van der Waals surface area contributed by atoms with Gasteiger partial charge >= 0.3 is 0 Å². The van der Waals surface area contributed by atoms with Crippen LogP contribution in [0.25, 0.3) is 0 Å². The highest BCUT2D eigenvalue weighted by molar-refractivity contribution is 9.10. The van der Waals surface area contributed by atoms with Gasteiger partial charge in [0.25, 0.3) is 0 Å². The van der Waals surface area contributed by atoms with Gasteiger partial charge < -0.3 is 5.32 Å². The minimum Gasteiger partial charge on any atom is -0.314 e. The summed E-state index contributed by atoms with van der Waals surface area (Å²) in [4.78, 5) is 4.51. The summed E-state index contributed by atoms with van der Waals surface area (Å²) < 4.78 is 1.05. The number of hydrogen-bond acceptors (Lipinski definition) is 2. The molecule has 1 N–H and O–H groups in total. The van der Waals surface area contributed by atoms with Gasteiger partial charge in [-0.2, -0.15) is 0 Å². The van der Waals surface area contributed by atoms with E-state index in [0.29, 0.717) is 11.5 Å². The highest BCUT2D eigenvalue weighted by Gasteiger charge is 2.27. The third-order valence-corrected chi connectivity index (χ3v) is 4.20. The molecule has 0 fully saturated rings. The highest BCUT2D eigenvalue weighted by atomic mass is 79.9. The molecule has 0 aliphatic heterocycles. The lowest BCUT2D eigenvalue weighted by Crippen LogP contribution is -2.38. The predicted octanol–water partition coefficient (Wildman–Crippen LogP) is 4.19. The van der Waals surface area contributed by atoms with E-state index in [0.717, 1.165) is 17.4 Å². The van der Waals surface area contributed by atoms with Gasteiger partial charge in [-0.3, -0.25) is 4.98 Å². The zero-order chi connectivity index (χ0) is 13.6. The SMILES string of the molecule is CCC(CC)(CNC(C)C)Cc1ccc(Br)cn1. The van der Waals surface area contributed by atoms with Crippen LogP contribution in [0, 0.1) is 5.41 Å². The van der Waals surface area contributed by atoms with Gasteiger partial charge in [-0.05, 0) is 52.7 Å². The Bertz CT molecular complexity index is 342. The lowest BCUT2D eigenvalue weighted by atomic mass is 9.78. The number of hydrogen-bond donors (Lipinski definition) is 1. The zero-order valence-electron chi connectivity index (χ0n) is 12.0. The van der Waals surface area contributed by atoms with Crippen molar-refractivity contribution < 1.29 is 0 Å². The van der Waals surface area contributed by atoms with Crippen LogP contribution in [0.5, 0.6) is 0 Å². The van der Waals surface area contributed by atoms with E-state index >= 15 is 0 Å². The van der Waals surface area contributed by atoms with Crippen LogP contribution < -0.4 is 5.32 Å². The molecule has 0 saturated carbocycles. The second-order valence-corrected chi connectivity index (χ2v) is 6.30. The first-order chi connectivity index (χ1) is 8.51. The molecule has 0 unspecified atom stereocenters. The average Bonchev–Trinajstić information content (AvgIpc) is 2.37. The van der Waals surface area contributed by atoms with Crippen molar-refractivity contribution in [1.29, 1.82) is 0 Å². The number of pyridine rings is 1. The largest absolute Gasteiger partial charge is 0.314 e. The van der Waals surface area contributed by atoms with Gasteiger partial charge in [0.2, 0.25) is 0 Å². The van der Waals surface area contributed by atoms with E-state index in [1.807, 2.05) is 6.20 Å². The van der Waals surface area contributed by atoms with Gasteiger partial charge in [-0.1, -0.05) is 27.7 Å². The van der Waals surface area contributed by atoms with Crippen LogP contribution in [0.1, 0.15) is 46.2 Å². The molecule has 0 aromatic carbocycles. The molecule has 0 aliphatic carbocycles. The van der Waals surface area contributed by atoms with E-state index in [1.54, 1.807) is 0 Å². The molecule has 0 spiro atoms. The molecule has 0 atom stereocenters. The molecule has 0 aliphatic rings. The summed E-state index contributed by atoms with van der Waals surface area (Å²) in [6, 6.07) is 4.74. The standard InChI is InChI=1S/C15H25BrN2/c1-5-15(6-2,11-18-12(3)4)9-14-8-7-13(16)10-17-14/h7-8,10,12,18H,5-6,9,11H2,1-4H3. The summed E-state index contributed by atoms with van der Waals surface area (Å²) in [6.07, 6.45) is 5.30. The number of aromatic nitrogens is 1. The molecule has 3 heteroatoms. The third-order valence-electron chi connectivity index (χ3n) is 3.73. The first-order valence-electron chi connectivity index (χ1n) is 6.85. The summed E-state index contributed by atoms with van der Waals surface area (Å²) in [5.41, 5.74) is 1.51. The molecular weight excluding hydrogens is 288 g/mol. The van der Waals surface area contributed by atoms with Crippen molar-refractivity contribution in [2.24, 2.45) is 5.41 Å². The second-order valence-electron chi connectivity index (χ2n) is 5.39. The molecular formula is C15H25BrN2. The van der Waals surface area contributed by atoms with Crippen LogP contribution in [-0.4, -0.2) is 17.6 Å². The van der Waals surface area contributed by atoms with E-state index < -0.39 is 0 Å². The van der Waals surface area contributed by atoms with Gasteiger partial charge in [0.1, 0.15) is 0 Å². The molecule has 0 radical (unpaired) electrons. The summed E-state index contributed by atoms with van der Waals surface area (Å²) >= 11 is 3.43. The summed E-state index contributed by atoms with van der Waals surface area (Å²) in [6.45, 7) is 10.0. The first kappa shape index (κ1) is 15.6. The van der Waals surface area contributed by atoms with E-state index in [-0.39, 0.29) is 0 Å². The smallest absolute Gasteiger partial charge is 0.0413 e. The Morgan fingerprint density at radius 3 is 2.39 bits per heavy atom. The third kappa shape index (κ3) is 4.69. The fraction of sp³-hybridized carbons (Fsp3) is 0.667. The molecule has 1 aromatic heterocycles. The molecule has 18 heavy (non-hydrogen) atoms. The van der Waals surface area contributed by atoms with E-state index in [2.05, 4.69) is 66.1 Å². The lowest BCUT2D eigenvalue weighted by molar-refractivity contribution is 0.237. The van der Waals surface area contributed by atoms with E-state index in [1.165, 1.54) is 18.5 Å². The summed E-state index contributed by atoms with van der Waals surface area (Å²) in [5.74, 6) is 0. The highest BCUT2D eigenvalue weighted by Crippen LogP contribution is 2.30. The Kier molecular flexibility index (Phi) is 6.30. The Labute approximate surface area is 120 Å². The Balaban J connectivity index is 2.74. The number of rotatable bonds is 7. The Morgan fingerprint density at radius 1 is 1.28 bits per heavy atom. The van der Waals surface area contributed by atoms with E-state index in [4.69, 9.17) is 0 Å².